The van der Waals surface area contributed by atoms with Crippen LogP contribution in [0.4, 0.5) is 0 Å². The molecule has 0 aromatic carbocycles. The van der Waals surface area contributed by atoms with Crippen LogP contribution in [0.25, 0.3) is 0 Å². The maximum absolute atomic E-state index is 13.7. The van der Waals surface area contributed by atoms with Crippen molar-refractivity contribution in [3.05, 3.63) is 12.2 Å². The molecule has 10 atom stereocenters. The summed E-state index contributed by atoms with van der Waals surface area (Å²) < 4.78 is 5.96. The zero-order chi connectivity index (χ0) is 35.8. The van der Waals surface area contributed by atoms with E-state index in [0.717, 1.165) is 77.0 Å². The maximum Gasteiger partial charge on any atom is 0.303 e. The molecule has 0 spiro atoms. The summed E-state index contributed by atoms with van der Waals surface area (Å²) in [5.41, 5.74) is 1.90. The highest BCUT2D eigenvalue weighted by Crippen LogP contribution is 2.76. The van der Waals surface area contributed by atoms with Crippen LogP contribution >= 0.6 is 0 Å². The van der Waals surface area contributed by atoms with Gasteiger partial charge in [0.25, 0.3) is 0 Å². The average Bonchev–Trinajstić information content (AvgIpc) is 3.39. The van der Waals surface area contributed by atoms with Crippen molar-refractivity contribution in [2.75, 3.05) is 0 Å². The predicted molar refractivity (Wildman–Crippen MR) is 197 cm³/mol. The van der Waals surface area contributed by atoms with Crippen LogP contribution in [-0.4, -0.2) is 34.6 Å². The molecule has 0 unspecified atom stereocenters. The number of hydrogen-bond donors (Lipinski definition) is 2. The standard InChI is InChI=1S/C43H71NO5/c1-29(2)31-21-26-43(44-36(46)17-15-13-11-9-10-12-14-16-18-37(47)48)28-27-41(7)32(38(31)43)19-20-34-40(6)24-23-35(49-30(3)45)39(4,5)33(40)22-25-42(34,41)8/h31-35,38H,1,9-28H2,2-8H3,(H,44,46)(H,47,48)/t31-,32+,33-,34+,35-,38+,40-,41+,42+,43-/m0/s1. The number of hydrogen-bond acceptors (Lipinski definition) is 4. The number of carboxylic acid groups (broad SMARTS) is 1. The van der Waals surface area contributed by atoms with Gasteiger partial charge in [-0.3, -0.25) is 14.4 Å². The Bertz CT molecular complexity index is 1240. The average molecular weight is 682 g/mol. The van der Waals surface area contributed by atoms with Crippen LogP contribution in [0, 0.1) is 51.2 Å². The number of aliphatic carboxylic acids is 1. The number of amides is 1. The molecular weight excluding hydrogens is 610 g/mol. The molecule has 5 aliphatic carbocycles. The Morgan fingerprint density at radius 3 is 1.96 bits per heavy atom. The number of rotatable bonds is 14. The normalized spacial score (nSPS) is 40.6. The third-order valence-corrected chi connectivity index (χ3v) is 16.2. The van der Waals surface area contributed by atoms with Crippen molar-refractivity contribution in [1.29, 1.82) is 0 Å². The van der Waals surface area contributed by atoms with E-state index in [9.17, 15) is 14.4 Å². The van der Waals surface area contributed by atoms with Crippen LogP contribution in [-0.2, 0) is 19.1 Å². The molecule has 5 fully saturated rings. The smallest absolute Gasteiger partial charge is 0.303 e. The molecular formula is C43H71NO5. The van der Waals surface area contributed by atoms with Gasteiger partial charge in [0.15, 0.2) is 0 Å². The van der Waals surface area contributed by atoms with Crippen molar-refractivity contribution in [3.63, 3.8) is 0 Å². The summed E-state index contributed by atoms with van der Waals surface area (Å²) >= 11 is 0. The Hall–Kier alpha value is -1.85. The van der Waals surface area contributed by atoms with E-state index in [-0.39, 0.29) is 51.6 Å². The lowest BCUT2D eigenvalue weighted by Crippen LogP contribution is -2.69. The third kappa shape index (κ3) is 7.03. The van der Waals surface area contributed by atoms with E-state index in [1.54, 1.807) is 6.92 Å². The lowest BCUT2D eigenvalue weighted by atomic mass is 9.32. The van der Waals surface area contributed by atoms with Crippen molar-refractivity contribution < 1.29 is 24.2 Å². The molecule has 49 heavy (non-hydrogen) atoms. The summed E-state index contributed by atoms with van der Waals surface area (Å²) in [7, 11) is 0. The van der Waals surface area contributed by atoms with Crippen LogP contribution in [0.2, 0.25) is 0 Å². The minimum Gasteiger partial charge on any atom is -0.481 e. The van der Waals surface area contributed by atoms with E-state index in [0.29, 0.717) is 36.0 Å². The number of nitrogens with one attached hydrogen (secondary N) is 1. The van der Waals surface area contributed by atoms with Crippen LogP contribution in [0.15, 0.2) is 12.2 Å². The molecule has 0 aromatic heterocycles. The molecule has 0 saturated heterocycles. The summed E-state index contributed by atoms with van der Waals surface area (Å²) in [5.74, 6) is 2.16. The van der Waals surface area contributed by atoms with Gasteiger partial charge in [0, 0.05) is 30.7 Å². The van der Waals surface area contributed by atoms with E-state index in [4.69, 9.17) is 9.84 Å². The van der Waals surface area contributed by atoms with Crippen molar-refractivity contribution >= 4 is 17.8 Å². The maximum atomic E-state index is 13.7. The molecule has 6 nitrogen and oxygen atoms in total. The monoisotopic (exact) mass is 682 g/mol. The molecule has 5 saturated carbocycles. The van der Waals surface area contributed by atoms with E-state index >= 15 is 0 Å². The predicted octanol–water partition coefficient (Wildman–Crippen LogP) is 10.4. The van der Waals surface area contributed by atoms with Gasteiger partial charge in [0.05, 0.1) is 0 Å². The fraction of sp³-hybridized carbons (Fsp3) is 0.884. The SMILES string of the molecule is C=C(C)[C@@H]1CC[C@]2(NC(=O)CCCCCCCCCCC(=O)O)CC[C@]3(C)[C@H](CC[C@@H]4[C@@]5(C)CC[C@H](OC(C)=O)C(C)(C)[C@@H]5CC[C@]43C)[C@@H]12. The first-order valence-corrected chi connectivity index (χ1v) is 20.4. The molecule has 278 valence electrons. The Labute approximate surface area is 298 Å². The van der Waals surface area contributed by atoms with E-state index in [2.05, 4.69) is 53.4 Å². The Morgan fingerprint density at radius 2 is 1.35 bits per heavy atom. The van der Waals surface area contributed by atoms with Gasteiger partial charge < -0.3 is 15.2 Å². The Morgan fingerprint density at radius 1 is 0.714 bits per heavy atom. The molecule has 0 radical (unpaired) electrons. The van der Waals surface area contributed by atoms with E-state index in [1.165, 1.54) is 44.1 Å². The van der Waals surface area contributed by atoms with Gasteiger partial charge in [-0.25, -0.2) is 0 Å². The van der Waals surface area contributed by atoms with Crippen LogP contribution < -0.4 is 5.32 Å². The lowest BCUT2D eigenvalue weighted by molar-refractivity contribution is -0.246. The largest absolute Gasteiger partial charge is 0.481 e. The fourth-order valence-corrected chi connectivity index (χ4v) is 13.7. The summed E-state index contributed by atoms with van der Waals surface area (Å²) in [6.07, 6.45) is 20.9. The number of carbonyl (C=O) groups excluding carboxylic acids is 2. The molecule has 0 bridgehead atoms. The molecule has 0 aromatic rings. The number of ether oxygens (including phenoxy) is 1. The molecule has 2 N–H and O–H groups in total. The fourth-order valence-electron chi connectivity index (χ4n) is 13.7. The second kappa shape index (κ2) is 14.6. The minimum absolute atomic E-state index is 0.00920. The van der Waals surface area contributed by atoms with Crippen molar-refractivity contribution in [1.82, 2.24) is 5.32 Å². The van der Waals surface area contributed by atoms with E-state index < -0.39 is 5.97 Å². The topological polar surface area (TPSA) is 92.7 Å². The number of carboxylic acids is 1. The van der Waals surface area contributed by atoms with Gasteiger partial charge in [0.2, 0.25) is 5.91 Å². The van der Waals surface area contributed by atoms with E-state index in [1.807, 2.05) is 0 Å². The van der Waals surface area contributed by atoms with Crippen molar-refractivity contribution in [2.45, 2.75) is 189 Å². The zero-order valence-corrected chi connectivity index (χ0v) is 32.4. The number of carbonyl (C=O) groups is 3. The molecule has 0 heterocycles. The minimum atomic E-state index is -0.696. The van der Waals surface area contributed by atoms with Crippen LogP contribution in [0.1, 0.15) is 177 Å². The molecule has 6 heteroatoms. The van der Waals surface area contributed by atoms with Gasteiger partial charge in [0.1, 0.15) is 6.10 Å². The van der Waals surface area contributed by atoms with Crippen molar-refractivity contribution in [2.24, 2.45) is 51.2 Å². The summed E-state index contributed by atoms with van der Waals surface area (Å²) in [6, 6.07) is 0. The number of esters is 1. The highest BCUT2D eigenvalue weighted by atomic mass is 16.5. The molecule has 1 amide bonds. The van der Waals surface area contributed by atoms with Gasteiger partial charge in [-0.1, -0.05) is 85.3 Å². The third-order valence-electron chi connectivity index (χ3n) is 16.2. The number of allylic oxidation sites excluding steroid dienone is 1. The Kier molecular flexibility index (Phi) is 11.5. The van der Waals surface area contributed by atoms with Gasteiger partial charge >= 0.3 is 11.9 Å². The quantitative estimate of drug-likeness (QED) is 0.108. The molecule has 5 aliphatic rings. The van der Waals surface area contributed by atoms with Crippen molar-refractivity contribution in [3.8, 4) is 0 Å². The summed E-state index contributed by atoms with van der Waals surface area (Å²) in [6.45, 7) is 21.0. The van der Waals surface area contributed by atoms with Gasteiger partial charge in [-0.2, -0.15) is 0 Å². The highest BCUT2D eigenvalue weighted by molar-refractivity contribution is 5.77. The molecule has 0 aliphatic heterocycles. The summed E-state index contributed by atoms with van der Waals surface area (Å²) in [5, 5.41) is 12.6. The first kappa shape index (κ1) is 38.4. The molecule has 5 rings (SSSR count). The van der Waals surface area contributed by atoms with Crippen LogP contribution in [0.3, 0.4) is 0 Å². The second-order valence-corrected chi connectivity index (χ2v) is 19.1. The van der Waals surface area contributed by atoms with Gasteiger partial charge in [-0.05, 0) is 130 Å². The Balaban J connectivity index is 1.25. The number of unbranched alkanes of at least 4 members (excludes halogenated alkanes) is 7. The zero-order valence-electron chi connectivity index (χ0n) is 32.4. The summed E-state index contributed by atoms with van der Waals surface area (Å²) in [4.78, 5) is 36.4. The highest BCUT2D eigenvalue weighted by Gasteiger charge is 2.71. The van der Waals surface area contributed by atoms with Gasteiger partial charge in [-0.15, -0.1) is 0 Å². The first-order chi connectivity index (χ1) is 23.0. The lowest BCUT2D eigenvalue weighted by Gasteiger charge is -2.73. The first-order valence-electron chi connectivity index (χ1n) is 20.4. The van der Waals surface area contributed by atoms with Crippen LogP contribution in [0.5, 0.6) is 0 Å². The number of fused-ring (bicyclic) bond motifs is 7. The second-order valence-electron chi connectivity index (χ2n) is 19.1.